The molecular weight excluding hydrogens is 248 g/mol. The molecule has 1 aliphatic carbocycles. The van der Waals surface area contributed by atoms with E-state index in [0.717, 1.165) is 32.0 Å². The zero-order valence-corrected chi connectivity index (χ0v) is 14.3. The van der Waals surface area contributed by atoms with E-state index in [2.05, 4.69) is 45.0 Å². The third-order valence-corrected chi connectivity index (χ3v) is 5.10. The van der Waals surface area contributed by atoms with Gasteiger partial charge >= 0.3 is 0 Å². The van der Waals surface area contributed by atoms with Crippen LogP contribution >= 0.6 is 0 Å². The first kappa shape index (κ1) is 17.9. The van der Waals surface area contributed by atoms with E-state index in [4.69, 9.17) is 0 Å². The largest absolute Gasteiger partial charge is 0.394 e. The summed E-state index contributed by atoms with van der Waals surface area (Å²) in [5.74, 6) is 0. The van der Waals surface area contributed by atoms with E-state index >= 15 is 0 Å². The van der Waals surface area contributed by atoms with Crippen molar-refractivity contribution in [2.24, 2.45) is 5.41 Å². The van der Waals surface area contributed by atoms with Crippen molar-refractivity contribution in [1.29, 1.82) is 0 Å². The predicted octanol–water partition coefficient (Wildman–Crippen LogP) is 3.03. The van der Waals surface area contributed by atoms with Crippen LogP contribution in [0.2, 0.25) is 0 Å². The van der Waals surface area contributed by atoms with Gasteiger partial charge in [-0.2, -0.15) is 0 Å². The van der Waals surface area contributed by atoms with Gasteiger partial charge in [-0.25, -0.2) is 0 Å². The molecule has 1 fully saturated rings. The molecular formula is C17H36N2O. The van der Waals surface area contributed by atoms with Gasteiger partial charge in [0.25, 0.3) is 0 Å². The molecule has 1 unspecified atom stereocenters. The fraction of sp³-hybridized carbons (Fsp3) is 1.00. The van der Waals surface area contributed by atoms with Crippen molar-refractivity contribution in [2.45, 2.75) is 77.8 Å². The zero-order valence-electron chi connectivity index (χ0n) is 14.3. The van der Waals surface area contributed by atoms with E-state index in [1.807, 2.05) is 0 Å². The molecule has 1 rings (SSSR count). The second kappa shape index (κ2) is 7.77. The van der Waals surface area contributed by atoms with Crippen molar-refractivity contribution in [3.63, 3.8) is 0 Å². The summed E-state index contributed by atoms with van der Waals surface area (Å²) >= 11 is 0. The van der Waals surface area contributed by atoms with Gasteiger partial charge in [-0.1, -0.05) is 20.8 Å². The maximum Gasteiger partial charge on any atom is 0.0611 e. The summed E-state index contributed by atoms with van der Waals surface area (Å²) in [6.45, 7) is 11.4. The summed E-state index contributed by atoms with van der Waals surface area (Å²) in [5.41, 5.74) is 0.415. The van der Waals surface area contributed by atoms with Crippen LogP contribution in [0.25, 0.3) is 0 Å². The summed E-state index contributed by atoms with van der Waals surface area (Å²) in [6.07, 6.45) is 7.45. The van der Waals surface area contributed by atoms with Gasteiger partial charge in [0.1, 0.15) is 0 Å². The minimum atomic E-state index is -0.127. The van der Waals surface area contributed by atoms with Gasteiger partial charge in [-0.05, 0) is 71.0 Å². The molecule has 0 spiro atoms. The Morgan fingerprint density at radius 1 is 1.30 bits per heavy atom. The lowest BCUT2D eigenvalue weighted by Gasteiger charge is -2.40. The molecule has 0 aromatic carbocycles. The summed E-state index contributed by atoms with van der Waals surface area (Å²) < 4.78 is 0. The van der Waals surface area contributed by atoms with E-state index in [-0.39, 0.29) is 12.1 Å². The maximum absolute atomic E-state index is 9.62. The average Bonchev–Trinajstić information content (AvgIpc) is 2.42. The molecule has 20 heavy (non-hydrogen) atoms. The number of hydrogen-bond acceptors (Lipinski definition) is 3. The lowest BCUT2D eigenvalue weighted by molar-refractivity contribution is 0.104. The smallest absolute Gasteiger partial charge is 0.0611 e. The van der Waals surface area contributed by atoms with Crippen molar-refractivity contribution in [2.75, 3.05) is 26.7 Å². The monoisotopic (exact) mass is 284 g/mol. The number of hydrogen-bond donors (Lipinski definition) is 2. The normalized spacial score (nSPS) is 22.9. The van der Waals surface area contributed by atoms with Crippen molar-refractivity contribution in [3.8, 4) is 0 Å². The number of aliphatic hydroxyl groups excluding tert-OH is 1. The average molecular weight is 284 g/mol. The Kier molecular flexibility index (Phi) is 6.96. The molecule has 120 valence electrons. The topological polar surface area (TPSA) is 35.5 Å². The molecule has 2 N–H and O–H groups in total. The fourth-order valence-corrected chi connectivity index (χ4v) is 3.08. The third kappa shape index (κ3) is 5.71. The van der Waals surface area contributed by atoms with Gasteiger partial charge in [0.15, 0.2) is 0 Å². The van der Waals surface area contributed by atoms with Crippen LogP contribution in [0, 0.1) is 5.41 Å². The number of rotatable bonds is 8. The molecule has 0 heterocycles. The highest BCUT2D eigenvalue weighted by Gasteiger charge is 2.30. The summed E-state index contributed by atoms with van der Waals surface area (Å²) in [6, 6.07) is 0.733. The van der Waals surface area contributed by atoms with E-state index < -0.39 is 0 Å². The van der Waals surface area contributed by atoms with E-state index in [0.29, 0.717) is 5.41 Å². The maximum atomic E-state index is 9.62. The Labute approximate surface area is 126 Å². The number of nitrogens with one attached hydrogen (secondary N) is 1. The van der Waals surface area contributed by atoms with Crippen molar-refractivity contribution >= 4 is 0 Å². The summed E-state index contributed by atoms with van der Waals surface area (Å²) in [5, 5.41) is 13.1. The van der Waals surface area contributed by atoms with E-state index in [9.17, 15) is 5.11 Å². The Morgan fingerprint density at radius 3 is 2.40 bits per heavy atom. The third-order valence-electron chi connectivity index (χ3n) is 5.10. The minimum absolute atomic E-state index is 0.127. The van der Waals surface area contributed by atoms with Gasteiger partial charge in [0, 0.05) is 11.6 Å². The van der Waals surface area contributed by atoms with Crippen molar-refractivity contribution < 1.29 is 5.11 Å². The number of aliphatic hydroxyl groups is 1. The molecule has 3 nitrogen and oxygen atoms in total. The van der Waals surface area contributed by atoms with Gasteiger partial charge < -0.3 is 15.3 Å². The Morgan fingerprint density at radius 2 is 1.90 bits per heavy atom. The molecule has 0 bridgehead atoms. The van der Waals surface area contributed by atoms with Gasteiger partial charge in [-0.15, -0.1) is 0 Å². The quantitative estimate of drug-likeness (QED) is 0.719. The molecule has 0 aromatic heterocycles. The lowest BCUT2D eigenvalue weighted by atomic mass is 9.75. The minimum Gasteiger partial charge on any atom is -0.394 e. The SMILES string of the molecule is CCCNC(C)(CO)CCN(C)C1CCC(C)(C)CC1. The van der Waals surface area contributed by atoms with Crippen LogP contribution < -0.4 is 5.32 Å². The highest BCUT2D eigenvalue weighted by Crippen LogP contribution is 2.36. The fourth-order valence-electron chi connectivity index (χ4n) is 3.08. The summed E-state index contributed by atoms with van der Waals surface area (Å²) in [7, 11) is 2.25. The Bertz CT molecular complexity index is 270. The highest BCUT2D eigenvalue weighted by atomic mass is 16.3. The lowest BCUT2D eigenvalue weighted by Crippen LogP contribution is -2.49. The van der Waals surface area contributed by atoms with Crippen LogP contribution in [0.5, 0.6) is 0 Å². The molecule has 1 saturated carbocycles. The van der Waals surface area contributed by atoms with Crippen LogP contribution in [0.1, 0.15) is 66.2 Å². The van der Waals surface area contributed by atoms with E-state index in [1.54, 1.807) is 0 Å². The summed E-state index contributed by atoms with van der Waals surface area (Å²) in [4.78, 5) is 2.51. The molecule has 0 amide bonds. The van der Waals surface area contributed by atoms with Gasteiger partial charge in [-0.3, -0.25) is 0 Å². The predicted molar refractivity (Wildman–Crippen MR) is 87.1 cm³/mol. The van der Waals surface area contributed by atoms with E-state index in [1.165, 1.54) is 25.7 Å². The zero-order chi connectivity index (χ0) is 15.2. The molecule has 0 saturated heterocycles. The first-order chi connectivity index (χ1) is 9.32. The van der Waals surface area contributed by atoms with Gasteiger partial charge in [0.05, 0.1) is 6.61 Å². The second-order valence-electron chi connectivity index (χ2n) is 7.77. The molecule has 0 aromatic rings. The first-order valence-electron chi connectivity index (χ1n) is 8.38. The second-order valence-corrected chi connectivity index (χ2v) is 7.77. The van der Waals surface area contributed by atoms with Crippen LogP contribution in [0.4, 0.5) is 0 Å². The molecule has 3 heteroatoms. The van der Waals surface area contributed by atoms with Crippen molar-refractivity contribution in [1.82, 2.24) is 10.2 Å². The van der Waals surface area contributed by atoms with Crippen molar-refractivity contribution in [3.05, 3.63) is 0 Å². The highest BCUT2D eigenvalue weighted by molar-refractivity contribution is 4.86. The van der Waals surface area contributed by atoms with Crippen LogP contribution in [0.15, 0.2) is 0 Å². The van der Waals surface area contributed by atoms with Crippen LogP contribution in [-0.2, 0) is 0 Å². The molecule has 0 radical (unpaired) electrons. The first-order valence-corrected chi connectivity index (χ1v) is 8.38. The van der Waals surface area contributed by atoms with Crippen LogP contribution in [0.3, 0.4) is 0 Å². The standard InChI is InChI=1S/C17H36N2O/c1-6-12-18-17(4,14-20)11-13-19(5)15-7-9-16(2,3)10-8-15/h15,18,20H,6-14H2,1-5H3. The Balaban J connectivity index is 2.36. The van der Waals surface area contributed by atoms with Gasteiger partial charge in [0.2, 0.25) is 0 Å². The Hall–Kier alpha value is -0.120. The molecule has 0 aliphatic heterocycles. The number of nitrogens with zero attached hydrogens (tertiary/aromatic N) is 1. The molecule has 1 atom stereocenters. The van der Waals surface area contributed by atoms with Crippen LogP contribution in [-0.4, -0.2) is 48.3 Å². The molecule has 1 aliphatic rings.